The molecule has 1 fully saturated rings. The van der Waals surface area contributed by atoms with Crippen LogP contribution in [0.15, 0.2) is 58.7 Å². The lowest BCUT2D eigenvalue weighted by Crippen LogP contribution is -2.37. The lowest BCUT2D eigenvalue weighted by atomic mass is 9.71. The minimum absolute atomic E-state index is 0.0734. The minimum atomic E-state index is -0.0809. The molecule has 4 atom stereocenters. The van der Waals surface area contributed by atoms with Crippen LogP contribution in [0, 0.1) is 23.7 Å². The van der Waals surface area contributed by atoms with Crippen LogP contribution >= 0.6 is 0 Å². The number of fused-ring (bicyclic) bond motifs is 5. The Morgan fingerprint density at radius 2 is 1.50 bits per heavy atom. The zero-order chi connectivity index (χ0) is 20.3. The summed E-state index contributed by atoms with van der Waals surface area (Å²) < 4.78 is 0. The summed E-state index contributed by atoms with van der Waals surface area (Å²) in [6.45, 7) is 8.61. The molecule has 0 saturated heterocycles. The lowest BCUT2D eigenvalue weighted by Gasteiger charge is -2.29. The molecule has 0 aliphatic heterocycles. The van der Waals surface area contributed by atoms with Gasteiger partial charge in [0.05, 0.1) is 0 Å². The van der Waals surface area contributed by atoms with Crippen LogP contribution in [0.5, 0.6) is 0 Å². The van der Waals surface area contributed by atoms with Gasteiger partial charge in [0.15, 0.2) is 11.6 Å². The Labute approximate surface area is 170 Å². The van der Waals surface area contributed by atoms with E-state index in [1.165, 1.54) is 16.7 Å². The van der Waals surface area contributed by atoms with Gasteiger partial charge in [-0.1, -0.05) is 47.1 Å². The molecule has 0 N–H and O–H groups in total. The van der Waals surface area contributed by atoms with E-state index in [0.29, 0.717) is 18.3 Å². The van der Waals surface area contributed by atoms with Crippen molar-refractivity contribution in [1.82, 2.24) is 0 Å². The first kappa shape index (κ1) is 20.8. The van der Waals surface area contributed by atoms with E-state index in [2.05, 4.69) is 58.1 Å². The first-order valence-corrected chi connectivity index (χ1v) is 10.8. The van der Waals surface area contributed by atoms with Gasteiger partial charge in [-0.05, 0) is 84.1 Å². The molecule has 3 aliphatic rings. The second-order valence-corrected chi connectivity index (χ2v) is 9.10. The number of hydrogen-bond acceptors (Lipinski definition) is 2. The average molecular weight is 379 g/mol. The van der Waals surface area contributed by atoms with Crippen LogP contribution < -0.4 is 0 Å². The Morgan fingerprint density at radius 3 is 2.18 bits per heavy atom. The standard InChI is InChI=1S/C26H34O2/c1-17(2)7-5-8-18(3)9-6-10-19(4)11-12-22-16-23(27)24-20-13-14-21(15-20)25(24)26(22)28/h7,9,11,13-14,16,20-21,24-25H,5-6,8,10,12,15H2,1-4H3/b18-9+,19-11+/t20-,21+,24+,25+/m1/s1. The van der Waals surface area contributed by atoms with Gasteiger partial charge in [0.1, 0.15) is 0 Å². The van der Waals surface area contributed by atoms with Crippen molar-refractivity contribution in [1.29, 1.82) is 0 Å². The third-order valence-corrected chi connectivity index (χ3v) is 6.52. The van der Waals surface area contributed by atoms with Gasteiger partial charge < -0.3 is 0 Å². The number of Topliss-reactive ketones (excluding diaryl/α,β-unsaturated/α-hetero) is 1. The van der Waals surface area contributed by atoms with Crippen LogP contribution in [-0.4, -0.2) is 11.6 Å². The molecule has 28 heavy (non-hydrogen) atoms. The molecule has 0 aromatic carbocycles. The normalized spacial score (nSPS) is 29.2. The number of carbonyl (C=O) groups excluding carboxylic acids is 2. The van der Waals surface area contributed by atoms with Crippen molar-refractivity contribution in [2.75, 3.05) is 0 Å². The Hall–Kier alpha value is -1.96. The highest BCUT2D eigenvalue weighted by atomic mass is 16.1. The van der Waals surface area contributed by atoms with Gasteiger partial charge >= 0.3 is 0 Å². The summed E-state index contributed by atoms with van der Waals surface area (Å²) in [5, 5.41) is 0. The maximum atomic E-state index is 12.9. The van der Waals surface area contributed by atoms with Crippen LogP contribution in [0.1, 0.15) is 66.2 Å². The topological polar surface area (TPSA) is 34.1 Å². The van der Waals surface area contributed by atoms with Crippen LogP contribution in [0.25, 0.3) is 0 Å². The second-order valence-electron chi connectivity index (χ2n) is 9.10. The molecule has 2 nitrogen and oxygen atoms in total. The summed E-state index contributed by atoms with van der Waals surface area (Å²) in [4.78, 5) is 25.5. The zero-order valence-corrected chi connectivity index (χ0v) is 17.8. The first-order valence-electron chi connectivity index (χ1n) is 10.8. The van der Waals surface area contributed by atoms with Gasteiger partial charge in [-0.2, -0.15) is 0 Å². The van der Waals surface area contributed by atoms with E-state index in [4.69, 9.17) is 0 Å². The fraction of sp³-hybridized carbons (Fsp3) is 0.538. The Bertz CT molecular complexity index is 783. The van der Waals surface area contributed by atoms with Gasteiger partial charge in [0, 0.05) is 17.4 Å². The van der Waals surface area contributed by atoms with Crippen molar-refractivity contribution >= 4 is 11.6 Å². The molecule has 0 spiro atoms. The van der Waals surface area contributed by atoms with E-state index in [-0.39, 0.29) is 23.4 Å². The molecule has 2 bridgehead atoms. The van der Waals surface area contributed by atoms with Gasteiger partial charge in [-0.15, -0.1) is 0 Å². The highest BCUT2D eigenvalue weighted by molar-refractivity contribution is 6.11. The molecule has 3 rings (SSSR count). The van der Waals surface area contributed by atoms with E-state index < -0.39 is 0 Å². The van der Waals surface area contributed by atoms with Gasteiger partial charge in [0.25, 0.3) is 0 Å². The van der Waals surface area contributed by atoms with Gasteiger partial charge in [0.2, 0.25) is 0 Å². The van der Waals surface area contributed by atoms with Crippen molar-refractivity contribution in [3.63, 3.8) is 0 Å². The van der Waals surface area contributed by atoms with E-state index in [1.54, 1.807) is 6.08 Å². The fourth-order valence-corrected chi connectivity index (χ4v) is 4.90. The maximum absolute atomic E-state index is 12.9. The summed E-state index contributed by atoms with van der Waals surface area (Å²) in [6.07, 6.45) is 18.6. The summed E-state index contributed by atoms with van der Waals surface area (Å²) in [5.41, 5.74) is 4.84. The predicted octanol–water partition coefficient (Wildman–Crippen LogP) is 6.31. The van der Waals surface area contributed by atoms with E-state index in [1.807, 2.05) is 0 Å². The van der Waals surface area contributed by atoms with E-state index >= 15 is 0 Å². The summed E-state index contributed by atoms with van der Waals surface area (Å²) in [6, 6.07) is 0. The first-order chi connectivity index (χ1) is 13.4. The van der Waals surface area contributed by atoms with Crippen molar-refractivity contribution in [2.45, 2.75) is 66.2 Å². The number of carbonyl (C=O) groups is 2. The van der Waals surface area contributed by atoms with E-state index in [0.717, 1.165) is 37.7 Å². The van der Waals surface area contributed by atoms with E-state index in [9.17, 15) is 9.59 Å². The van der Waals surface area contributed by atoms with Crippen LogP contribution in [0.4, 0.5) is 0 Å². The van der Waals surface area contributed by atoms with Crippen LogP contribution in [-0.2, 0) is 9.59 Å². The molecule has 0 aromatic heterocycles. The maximum Gasteiger partial charge on any atom is 0.163 e. The number of hydrogen-bond donors (Lipinski definition) is 0. The summed E-state index contributed by atoms with van der Waals surface area (Å²) in [5.74, 6) is 0.837. The molecule has 0 heterocycles. The average Bonchev–Trinajstić information content (AvgIpc) is 3.25. The van der Waals surface area contributed by atoms with Crippen LogP contribution in [0.3, 0.4) is 0 Å². The molecule has 0 radical (unpaired) electrons. The fourth-order valence-electron chi connectivity index (χ4n) is 4.90. The van der Waals surface area contributed by atoms with Crippen molar-refractivity contribution in [2.24, 2.45) is 23.7 Å². The Kier molecular flexibility index (Phi) is 6.69. The number of rotatable bonds is 8. The summed E-state index contributed by atoms with van der Waals surface area (Å²) in [7, 11) is 0. The van der Waals surface area contributed by atoms with Gasteiger partial charge in [-0.3, -0.25) is 9.59 Å². The summed E-state index contributed by atoms with van der Waals surface area (Å²) >= 11 is 0. The molecule has 1 saturated carbocycles. The molecule has 0 unspecified atom stereocenters. The number of ketones is 2. The Morgan fingerprint density at radius 1 is 0.893 bits per heavy atom. The minimum Gasteiger partial charge on any atom is -0.294 e. The quantitative estimate of drug-likeness (QED) is 0.464. The molecule has 3 aliphatic carbocycles. The van der Waals surface area contributed by atoms with Crippen molar-refractivity contribution < 1.29 is 9.59 Å². The highest BCUT2D eigenvalue weighted by Crippen LogP contribution is 2.51. The molecule has 0 amide bonds. The third-order valence-electron chi connectivity index (χ3n) is 6.52. The molecular weight excluding hydrogens is 344 g/mol. The van der Waals surface area contributed by atoms with Crippen LogP contribution in [0.2, 0.25) is 0 Å². The highest BCUT2D eigenvalue weighted by Gasteiger charge is 2.52. The SMILES string of the molecule is CC(C)=CCC/C(C)=C/CC/C(C)=C/CC1=CC(=O)[C@H]2[C@@H](C1=O)[C@H]1C=C[C@@H]2C1. The largest absolute Gasteiger partial charge is 0.294 e. The smallest absolute Gasteiger partial charge is 0.163 e. The molecular formula is C26H34O2. The lowest BCUT2D eigenvalue weighted by molar-refractivity contribution is -0.130. The predicted molar refractivity (Wildman–Crippen MR) is 116 cm³/mol. The van der Waals surface area contributed by atoms with Crippen molar-refractivity contribution in [3.05, 3.63) is 58.7 Å². The molecule has 0 aromatic rings. The number of allylic oxidation sites excluding steroid dienone is 10. The zero-order valence-electron chi connectivity index (χ0n) is 17.8. The Balaban J connectivity index is 1.50. The second kappa shape index (κ2) is 9.03. The monoisotopic (exact) mass is 378 g/mol. The van der Waals surface area contributed by atoms with Gasteiger partial charge in [-0.25, -0.2) is 0 Å². The van der Waals surface area contributed by atoms with Crippen molar-refractivity contribution in [3.8, 4) is 0 Å². The third kappa shape index (κ3) is 4.71. The molecule has 150 valence electrons. The molecule has 2 heteroatoms.